The number of benzene rings is 2. The van der Waals surface area contributed by atoms with Crippen molar-refractivity contribution in [3.63, 3.8) is 0 Å². The molecule has 212 valence electrons. The summed E-state index contributed by atoms with van der Waals surface area (Å²) >= 11 is 1.61. The van der Waals surface area contributed by atoms with Gasteiger partial charge in [-0.25, -0.2) is 0 Å². The minimum absolute atomic E-state index is 0.0693. The largest absolute Gasteiger partial charge is 0.466 e. The maximum Gasteiger partial charge on any atom is 0.310 e. The fourth-order valence-electron chi connectivity index (χ4n) is 7.21. The molecule has 2 aromatic carbocycles. The van der Waals surface area contributed by atoms with Gasteiger partial charge in [0.05, 0.1) is 35.8 Å². The minimum atomic E-state index is -0.834. The zero-order valence-electron chi connectivity index (χ0n) is 23.4. The van der Waals surface area contributed by atoms with E-state index in [1.54, 1.807) is 34.6 Å². The summed E-state index contributed by atoms with van der Waals surface area (Å²) in [4.78, 5) is 45.9. The number of ether oxygens (including phenoxy) is 1. The fourth-order valence-corrected chi connectivity index (χ4v) is 9.39. The molecule has 7 nitrogen and oxygen atoms in total. The average Bonchev–Trinajstić information content (AvgIpc) is 3.59. The summed E-state index contributed by atoms with van der Waals surface area (Å²) < 4.78 is 4.68. The Bertz CT molecular complexity index is 1280. The molecule has 6 atom stereocenters. The Hall–Kier alpha value is -3.10. The second-order valence-electron chi connectivity index (χ2n) is 11.1. The number of anilines is 1. The van der Waals surface area contributed by atoms with Crippen LogP contribution in [0.1, 0.15) is 36.5 Å². The number of thioether (sulfide) groups is 1. The highest BCUT2D eigenvalue weighted by atomic mass is 32.2. The number of hydrogen-bond acceptors (Lipinski definition) is 6. The number of rotatable bonds is 10. The maximum absolute atomic E-state index is 14.9. The first kappa shape index (κ1) is 28.4. The van der Waals surface area contributed by atoms with Crippen LogP contribution in [0.3, 0.4) is 0 Å². The number of nitrogens with zero attached hydrogens (tertiary/aromatic N) is 2. The maximum atomic E-state index is 14.9. The second-order valence-corrected chi connectivity index (χ2v) is 12.7. The lowest BCUT2D eigenvalue weighted by atomic mass is 9.71. The Morgan fingerprint density at radius 1 is 1.20 bits per heavy atom. The van der Waals surface area contributed by atoms with Gasteiger partial charge in [0.2, 0.25) is 5.91 Å². The fraction of sp³-hybridized carbons (Fsp3) is 0.469. The van der Waals surface area contributed by atoms with E-state index >= 15 is 0 Å². The number of aliphatic hydroxyl groups is 1. The third kappa shape index (κ3) is 4.55. The molecular formula is C32H38N2O5S. The Labute approximate surface area is 240 Å². The van der Waals surface area contributed by atoms with Crippen LogP contribution < -0.4 is 4.90 Å². The standard InChI is InChI=1S/C32H38N2O5S/c1-5-17-33(27-20(3)11-10-12-21(27)4)30(37)28-32-16-15-24(40-32)25(31(38)39-6-2)26(32)29(36)34(28)23(19-35)18-22-13-8-7-9-14-22/h5,7-14,23-26,28,35H,1,6,15-19H2,2-4H3/t23-,24+,25-,26+,28?,32?/m1/s1. The summed E-state index contributed by atoms with van der Waals surface area (Å²) in [7, 11) is 0. The SMILES string of the molecule is C=CCN(C(=O)C1N([C@@H](CO)Cc2ccccc2)C(=O)[C@@H]2[C@H](C(=O)OCC)[C@@H]3CCC12S3)c1c(C)cccc1C. The van der Waals surface area contributed by atoms with Gasteiger partial charge in [-0.15, -0.1) is 18.3 Å². The van der Waals surface area contributed by atoms with Crippen molar-refractivity contribution in [2.45, 2.75) is 62.1 Å². The average molecular weight is 563 g/mol. The van der Waals surface area contributed by atoms with Gasteiger partial charge in [0, 0.05) is 17.5 Å². The molecule has 3 aliphatic rings. The smallest absolute Gasteiger partial charge is 0.310 e. The van der Waals surface area contributed by atoms with Crippen LogP contribution in [0.15, 0.2) is 61.2 Å². The normalized spacial score (nSPS) is 27.4. The van der Waals surface area contributed by atoms with Gasteiger partial charge < -0.3 is 19.6 Å². The van der Waals surface area contributed by atoms with Gasteiger partial charge in [-0.05, 0) is 56.7 Å². The van der Waals surface area contributed by atoms with Crippen LogP contribution in [-0.4, -0.2) is 69.6 Å². The lowest BCUT2D eigenvalue weighted by Gasteiger charge is -2.40. The summed E-state index contributed by atoms with van der Waals surface area (Å²) in [6, 6.07) is 14.2. The topological polar surface area (TPSA) is 87.2 Å². The first-order chi connectivity index (χ1) is 19.3. The number of aliphatic hydroxyl groups excluding tert-OH is 1. The molecule has 1 N–H and O–H groups in total. The number of amides is 2. The highest BCUT2D eigenvalue weighted by Crippen LogP contribution is 2.67. The molecule has 2 unspecified atom stereocenters. The van der Waals surface area contributed by atoms with Gasteiger partial charge in [-0.1, -0.05) is 54.6 Å². The zero-order chi connectivity index (χ0) is 28.6. The van der Waals surface area contributed by atoms with Crippen molar-refractivity contribution < 1.29 is 24.2 Å². The lowest BCUT2D eigenvalue weighted by molar-refractivity contribution is -0.154. The molecule has 0 aromatic heterocycles. The summed E-state index contributed by atoms with van der Waals surface area (Å²) in [6.07, 6.45) is 3.50. The van der Waals surface area contributed by atoms with E-state index in [0.29, 0.717) is 12.8 Å². The van der Waals surface area contributed by atoms with Crippen molar-refractivity contribution in [2.75, 3.05) is 24.7 Å². The number of likely N-dealkylation sites (tertiary alicyclic amines) is 1. The molecular weight excluding hydrogens is 524 g/mol. The van der Waals surface area contributed by atoms with Gasteiger partial charge in [0.25, 0.3) is 5.91 Å². The van der Waals surface area contributed by atoms with Crippen LogP contribution in [0.25, 0.3) is 0 Å². The summed E-state index contributed by atoms with van der Waals surface area (Å²) in [5.41, 5.74) is 3.68. The third-order valence-corrected chi connectivity index (χ3v) is 10.7. The number of carbonyl (C=O) groups excluding carboxylic acids is 3. The molecule has 3 saturated heterocycles. The quantitative estimate of drug-likeness (QED) is 0.347. The molecule has 8 heteroatoms. The number of aryl methyl sites for hydroxylation is 2. The monoisotopic (exact) mass is 562 g/mol. The Balaban J connectivity index is 1.63. The predicted octanol–water partition coefficient (Wildman–Crippen LogP) is 4.08. The molecule has 3 fully saturated rings. The van der Waals surface area contributed by atoms with Gasteiger partial charge in [-0.3, -0.25) is 14.4 Å². The van der Waals surface area contributed by atoms with E-state index in [1.807, 2.05) is 62.4 Å². The van der Waals surface area contributed by atoms with E-state index < -0.39 is 28.7 Å². The first-order valence-electron chi connectivity index (χ1n) is 14.1. The summed E-state index contributed by atoms with van der Waals surface area (Å²) in [5.74, 6) is -2.07. The van der Waals surface area contributed by atoms with E-state index in [9.17, 15) is 19.5 Å². The number of hydrogen-bond donors (Lipinski definition) is 1. The van der Waals surface area contributed by atoms with E-state index in [-0.39, 0.29) is 42.8 Å². The molecule has 2 bridgehead atoms. The molecule has 2 amide bonds. The number of carbonyl (C=O) groups is 3. The highest BCUT2D eigenvalue weighted by Gasteiger charge is 2.74. The van der Waals surface area contributed by atoms with E-state index in [0.717, 1.165) is 28.8 Å². The van der Waals surface area contributed by atoms with Crippen molar-refractivity contribution in [1.82, 2.24) is 4.90 Å². The Kier molecular flexibility index (Phi) is 8.11. The molecule has 0 radical (unpaired) electrons. The van der Waals surface area contributed by atoms with Crippen molar-refractivity contribution in [1.29, 1.82) is 0 Å². The van der Waals surface area contributed by atoms with Crippen LogP contribution in [0.4, 0.5) is 5.69 Å². The van der Waals surface area contributed by atoms with E-state index in [2.05, 4.69) is 6.58 Å². The van der Waals surface area contributed by atoms with Crippen LogP contribution >= 0.6 is 11.8 Å². The van der Waals surface area contributed by atoms with Gasteiger partial charge in [0.15, 0.2) is 0 Å². The molecule has 0 saturated carbocycles. The third-order valence-electron chi connectivity index (χ3n) is 8.74. The molecule has 3 heterocycles. The molecule has 0 aliphatic carbocycles. The number of esters is 1. The van der Waals surface area contributed by atoms with Gasteiger partial charge in [0.1, 0.15) is 6.04 Å². The highest BCUT2D eigenvalue weighted by molar-refractivity contribution is 8.02. The van der Waals surface area contributed by atoms with E-state index in [1.165, 1.54) is 0 Å². The van der Waals surface area contributed by atoms with Crippen molar-refractivity contribution in [3.8, 4) is 0 Å². The predicted molar refractivity (Wildman–Crippen MR) is 157 cm³/mol. The van der Waals surface area contributed by atoms with Crippen molar-refractivity contribution in [3.05, 3.63) is 77.9 Å². The zero-order valence-corrected chi connectivity index (χ0v) is 24.2. The van der Waals surface area contributed by atoms with Gasteiger partial charge in [-0.2, -0.15) is 0 Å². The van der Waals surface area contributed by atoms with Crippen molar-refractivity contribution in [2.24, 2.45) is 11.8 Å². The van der Waals surface area contributed by atoms with Crippen LogP contribution in [0.2, 0.25) is 0 Å². The molecule has 5 rings (SSSR count). The second kappa shape index (κ2) is 11.4. The Morgan fingerprint density at radius 2 is 1.90 bits per heavy atom. The molecule has 40 heavy (non-hydrogen) atoms. The first-order valence-corrected chi connectivity index (χ1v) is 15.0. The van der Waals surface area contributed by atoms with Gasteiger partial charge >= 0.3 is 5.97 Å². The van der Waals surface area contributed by atoms with Crippen LogP contribution in [-0.2, 0) is 25.5 Å². The minimum Gasteiger partial charge on any atom is -0.466 e. The molecule has 1 spiro atoms. The van der Waals surface area contributed by atoms with Crippen molar-refractivity contribution >= 4 is 35.2 Å². The van der Waals surface area contributed by atoms with Crippen LogP contribution in [0.5, 0.6) is 0 Å². The summed E-state index contributed by atoms with van der Waals surface area (Å²) in [6.45, 7) is 9.86. The number of fused-ring (bicyclic) bond motifs is 1. The number of para-hydroxylation sites is 1. The molecule has 2 aromatic rings. The summed E-state index contributed by atoms with van der Waals surface area (Å²) in [5, 5.41) is 10.6. The molecule has 3 aliphatic heterocycles. The van der Waals surface area contributed by atoms with Crippen LogP contribution in [0, 0.1) is 25.7 Å². The lowest BCUT2D eigenvalue weighted by Crippen LogP contribution is -2.58. The van der Waals surface area contributed by atoms with E-state index in [4.69, 9.17) is 4.74 Å². The Morgan fingerprint density at radius 3 is 2.52 bits per heavy atom.